The van der Waals surface area contributed by atoms with Crippen molar-refractivity contribution in [3.63, 3.8) is 0 Å². The lowest BCUT2D eigenvalue weighted by molar-refractivity contribution is 0.333. The Bertz CT molecular complexity index is 312. The van der Waals surface area contributed by atoms with Gasteiger partial charge in [-0.15, -0.1) is 0 Å². The van der Waals surface area contributed by atoms with E-state index in [4.69, 9.17) is 10.5 Å². The Balaban J connectivity index is 2.52. The van der Waals surface area contributed by atoms with Crippen LogP contribution in [0.5, 0.6) is 5.75 Å². The van der Waals surface area contributed by atoms with Gasteiger partial charge in [0, 0.05) is 11.6 Å². The summed E-state index contributed by atoms with van der Waals surface area (Å²) in [4.78, 5) is 0. The molecule has 0 aromatic heterocycles. The average molecular weight is 235 g/mol. The van der Waals surface area contributed by atoms with Crippen molar-refractivity contribution in [2.75, 3.05) is 6.61 Å². The Hall–Kier alpha value is -1.02. The van der Waals surface area contributed by atoms with Crippen molar-refractivity contribution in [1.82, 2.24) is 0 Å². The molecular formula is C15H25NO. The van der Waals surface area contributed by atoms with E-state index in [0.717, 1.165) is 17.7 Å². The van der Waals surface area contributed by atoms with Crippen LogP contribution < -0.4 is 10.5 Å². The number of ether oxygens (including phenoxy) is 1. The fourth-order valence-electron chi connectivity index (χ4n) is 2.02. The van der Waals surface area contributed by atoms with E-state index in [1.165, 1.54) is 25.7 Å². The zero-order valence-electron chi connectivity index (χ0n) is 11.1. The van der Waals surface area contributed by atoms with E-state index >= 15 is 0 Å². The lowest BCUT2D eigenvalue weighted by Gasteiger charge is -2.16. The van der Waals surface area contributed by atoms with E-state index in [1.54, 1.807) is 0 Å². The van der Waals surface area contributed by atoms with E-state index in [-0.39, 0.29) is 6.04 Å². The van der Waals surface area contributed by atoms with Crippen LogP contribution in [0.15, 0.2) is 24.3 Å². The van der Waals surface area contributed by atoms with Crippen LogP contribution in [0, 0.1) is 0 Å². The molecule has 1 atom stereocenters. The van der Waals surface area contributed by atoms with Gasteiger partial charge in [0.1, 0.15) is 5.75 Å². The number of para-hydroxylation sites is 1. The van der Waals surface area contributed by atoms with E-state index < -0.39 is 0 Å². The number of benzene rings is 1. The zero-order valence-corrected chi connectivity index (χ0v) is 11.1. The summed E-state index contributed by atoms with van der Waals surface area (Å²) >= 11 is 0. The van der Waals surface area contributed by atoms with Crippen LogP contribution in [0.1, 0.15) is 57.6 Å². The number of hydrogen-bond donors (Lipinski definition) is 1. The van der Waals surface area contributed by atoms with Crippen molar-refractivity contribution in [3.05, 3.63) is 29.8 Å². The molecule has 1 unspecified atom stereocenters. The number of nitrogens with two attached hydrogens (primary N) is 1. The Kier molecular flexibility index (Phi) is 6.71. The highest BCUT2D eigenvalue weighted by Crippen LogP contribution is 2.26. The minimum absolute atomic E-state index is 0.106. The minimum atomic E-state index is 0.106. The van der Waals surface area contributed by atoms with Gasteiger partial charge in [0.2, 0.25) is 0 Å². The van der Waals surface area contributed by atoms with Gasteiger partial charge in [0.05, 0.1) is 6.61 Å². The third-order valence-corrected chi connectivity index (χ3v) is 2.99. The van der Waals surface area contributed by atoms with Gasteiger partial charge >= 0.3 is 0 Å². The fourth-order valence-corrected chi connectivity index (χ4v) is 2.02. The Morgan fingerprint density at radius 2 is 1.88 bits per heavy atom. The summed E-state index contributed by atoms with van der Waals surface area (Å²) in [5.41, 5.74) is 7.37. The van der Waals surface area contributed by atoms with Gasteiger partial charge in [-0.25, -0.2) is 0 Å². The molecule has 0 aliphatic heterocycles. The summed E-state index contributed by atoms with van der Waals surface area (Å²) in [7, 11) is 0. The van der Waals surface area contributed by atoms with Crippen LogP contribution in [0.25, 0.3) is 0 Å². The molecule has 2 N–H and O–H groups in total. The minimum Gasteiger partial charge on any atom is -0.494 e. The van der Waals surface area contributed by atoms with Crippen molar-refractivity contribution in [2.45, 2.75) is 52.0 Å². The monoisotopic (exact) mass is 235 g/mol. The van der Waals surface area contributed by atoms with Crippen LogP contribution in [0.3, 0.4) is 0 Å². The molecular weight excluding hydrogens is 210 g/mol. The quantitative estimate of drug-likeness (QED) is 0.690. The fraction of sp³-hybridized carbons (Fsp3) is 0.600. The highest BCUT2D eigenvalue weighted by Gasteiger charge is 2.10. The predicted molar refractivity (Wildman–Crippen MR) is 73.3 cm³/mol. The Morgan fingerprint density at radius 3 is 2.59 bits per heavy atom. The first-order chi connectivity index (χ1) is 8.29. The first-order valence-electron chi connectivity index (χ1n) is 6.76. The Morgan fingerprint density at radius 1 is 1.12 bits per heavy atom. The lowest BCUT2D eigenvalue weighted by atomic mass is 10.00. The molecule has 0 radical (unpaired) electrons. The largest absolute Gasteiger partial charge is 0.494 e. The number of unbranched alkanes of at least 4 members (excludes halogenated alkanes) is 3. The SMILES string of the molecule is CCCCCCC(N)c1ccccc1OCC. The molecule has 0 saturated carbocycles. The molecule has 0 aliphatic carbocycles. The van der Waals surface area contributed by atoms with Gasteiger partial charge in [-0.3, -0.25) is 0 Å². The van der Waals surface area contributed by atoms with Crippen LogP contribution in [-0.4, -0.2) is 6.61 Å². The molecule has 0 amide bonds. The van der Waals surface area contributed by atoms with Crippen molar-refractivity contribution in [3.8, 4) is 5.75 Å². The maximum absolute atomic E-state index is 6.23. The Labute approximate surface area is 105 Å². The first kappa shape index (κ1) is 14.0. The van der Waals surface area contributed by atoms with E-state index in [2.05, 4.69) is 13.0 Å². The van der Waals surface area contributed by atoms with Gasteiger partial charge in [-0.1, -0.05) is 50.8 Å². The molecule has 0 saturated heterocycles. The lowest BCUT2D eigenvalue weighted by Crippen LogP contribution is -2.12. The maximum Gasteiger partial charge on any atom is 0.124 e. The van der Waals surface area contributed by atoms with E-state index in [9.17, 15) is 0 Å². The van der Waals surface area contributed by atoms with Gasteiger partial charge < -0.3 is 10.5 Å². The normalized spacial score (nSPS) is 12.4. The predicted octanol–water partition coefficient (Wildman–Crippen LogP) is 4.06. The highest BCUT2D eigenvalue weighted by atomic mass is 16.5. The highest BCUT2D eigenvalue weighted by molar-refractivity contribution is 5.35. The molecule has 0 fully saturated rings. The summed E-state index contributed by atoms with van der Waals surface area (Å²) in [6, 6.07) is 8.22. The zero-order chi connectivity index (χ0) is 12.5. The number of hydrogen-bond acceptors (Lipinski definition) is 2. The van der Waals surface area contributed by atoms with Gasteiger partial charge in [0.15, 0.2) is 0 Å². The molecule has 96 valence electrons. The molecule has 1 rings (SSSR count). The van der Waals surface area contributed by atoms with E-state index in [0.29, 0.717) is 6.61 Å². The van der Waals surface area contributed by atoms with Crippen LogP contribution in [0.4, 0.5) is 0 Å². The second-order valence-corrected chi connectivity index (χ2v) is 4.43. The van der Waals surface area contributed by atoms with Crippen LogP contribution in [-0.2, 0) is 0 Å². The summed E-state index contributed by atoms with van der Waals surface area (Å²) in [5, 5.41) is 0. The summed E-state index contributed by atoms with van der Waals surface area (Å²) in [6.45, 7) is 4.92. The van der Waals surface area contributed by atoms with Crippen molar-refractivity contribution in [2.24, 2.45) is 5.73 Å². The molecule has 2 nitrogen and oxygen atoms in total. The van der Waals surface area contributed by atoms with Crippen LogP contribution in [0.2, 0.25) is 0 Å². The molecule has 17 heavy (non-hydrogen) atoms. The summed E-state index contributed by atoms with van der Waals surface area (Å²) in [5.74, 6) is 0.943. The van der Waals surface area contributed by atoms with Gasteiger partial charge in [-0.2, -0.15) is 0 Å². The molecule has 0 bridgehead atoms. The summed E-state index contributed by atoms with van der Waals surface area (Å²) in [6.07, 6.45) is 6.10. The average Bonchev–Trinajstić information content (AvgIpc) is 2.35. The smallest absolute Gasteiger partial charge is 0.124 e. The van der Waals surface area contributed by atoms with Crippen LogP contribution >= 0.6 is 0 Å². The second-order valence-electron chi connectivity index (χ2n) is 4.43. The van der Waals surface area contributed by atoms with Gasteiger partial charge in [0.25, 0.3) is 0 Å². The molecule has 1 aromatic rings. The van der Waals surface area contributed by atoms with Gasteiger partial charge in [-0.05, 0) is 19.4 Å². The second kappa shape index (κ2) is 8.13. The summed E-state index contributed by atoms with van der Waals surface area (Å²) < 4.78 is 5.61. The van der Waals surface area contributed by atoms with Crippen molar-refractivity contribution < 1.29 is 4.74 Å². The molecule has 0 spiro atoms. The molecule has 2 heteroatoms. The van der Waals surface area contributed by atoms with Crippen molar-refractivity contribution in [1.29, 1.82) is 0 Å². The van der Waals surface area contributed by atoms with Crippen molar-refractivity contribution >= 4 is 0 Å². The standard InChI is InChI=1S/C15H25NO/c1-3-5-6-7-11-14(16)13-10-8-9-12-15(13)17-4-2/h8-10,12,14H,3-7,11,16H2,1-2H3. The number of rotatable bonds is 8. The molecule has 1 aromatic carbocycles. The molecule has 0 heterocycles. The topological polar surface area (TPSA) is 35.2 Å². The maximum atomic E-state index is 6.23. The third-order valence-electron chi connectivity index (χ3n) is 2.99. The third kappa shape index (κ3) is 4.78. The first-order valence-corrected chi connectivity index (χ1v) is 6.76. The molecule has 0 aliphatic rings. The van der Waals surface area contributed by atoms with E-state index in [1.807, 2.05) is 25.1 Å².